The molecule has 4 nitrogen and oxygen atoms in total. The van der Waals surface area contributed by atoms with Crippen LogP contribution >= 0.6 is 0 Å². The Labute approximate surface area is 92.6 Å². The summed E-state index contributed by atoms with van der Waals surface area (Å²) in [5.41, 5.74) is 1.11. The molecule has 0 aromatic carbocycles. The van der Waals surface area contributed by atoms with Gasteiger partial charge in [0.25, 0.3) is 0 Å². The molecule has 0 saturated carbocycles. The van der Waals surface area contributed by atoms with E-state index in [9.17, 15) is 8.42 Å². The molecule has 0 aliphatic heterocycles. The molecule has 5 heteroatoms. The van der Waals surface area contributed by atoms with Gasteiger partial charge in [-0.1, -0.05) is 5.57 Å². The molecule has 90 valence electrons. The van der Waals surface area contributed by atoms with Crippen molar-refractivity contribution in [3.8, 4) is 0 Å². The summed E-state index contributed by atoms with van der Waals surface area (Å²) in [7, 11) is -2.85. The molecule has 0 rings (SSSR count). The van der Waals surface area contributed by atoms with Gasteiger partial charge in [-0.15, -0.1) is 6.58 Å². The van der Waals surface area contributed by atoms with Crippen LogP contribution in [0.1, 0.15) is 13.3 Å². The third-order valence-electron chi connectivity index (χ3n) is 1.75. The second-order valence-corrected chi connectivity index (χ2v) is 5.96. The largest absolute Gasteiger partial charge is 0.380 e. The van der Waals surface area contributed by atoms with Crippen molar-refractivity contribution in [1.82, 2.24) is 5.32 Å². The number of rotatable bonds is 9. The van der Waals surface area contributed by atoms with Gasteiger partial charge in [-0.3, -0.25) is 0 Å². The quantitative estimate of drug-likeness (QED) is 0.470. The molecule has 0 aliphatic carbocycles. The van der Waals surface area contributed by atoms with Crippen LogP contribution in [-0.4, -0.2) is 46.7 Å². The Kier molecular flexibility index (Phi) is 7.64. The van der Waals surface area contributed by atoms with E-state index in [0.717, 1.165) is 12.0 Å². The minimum absolute atomic E-state index is 0.179. The summed E-state index contributed by atoms with van der Waals surface area (Å²) < 4.78 is 26.8. The maximum atomic E-state index is 10.8. The van der Waals surface area contributed by atoms with Crippen molar-refractivity contribution in [1.29, 1.82) is 0 Å². The van der Waals surface area contributed by atoms with Gasteiger partial charge in [-0.25, -0.2) is 8.42 Å². The topological polar surface area (TPSA) is 55.4 Å². The second kappa shape index (κ2) is 7.84. The Hall–Kier alpha value is -0.390. The zero-order chi connectivity index (χ0) is 11.7. The van der Waals surface area contributed by atoms with Crippen molar-refractivity contribution in [2.45, 2.75) is 13.3 Å². The van der Waals surface area contributed by atoms with Crippen LogP contribution in [0.4, 0.5) is 0 Å². The second-order valence-electron chi connectivity index (χ2n) is 3.70. The highest BCUT2D eigenvalue weighted by molar-refractivity contribution is 7.90. The van der Waals surface area contributed by atoms with E-state index in [-0.39, 0.29) is 5.75 Å². The first-order valence-corrected chi connectivity index (χ1v) is 7.08. The summed E-state index contributed by atoms with van der Waals surface area (Å²) in [4.78, 5) is 0. The van der Waals surface area contributed by atoms with E-state index in [4.69, 9.17) is 4.74 Å². The molecule has 1 N–H and O–H groups in total. The maximum Gasteiger partial charge on any atom is 0.148 e. The van der Waals surface area contributed by atoms with Crippen molar-refractivity contribution < 1.29 is 13.2 Å². The number of hydrogen-bond acceptors (Lipinski definition) is 4. The molecule has 0 bridgehead atoms. The van der Waals surface area contributed by atoms with Gasteiger partial charge in [-0.2, -0.15) is 0 Å². The van der Waals surface area contributed by atoms with E-state index in [1.807, 2.05) is 6.92 Å². The van der Waals surface area contributed by atoms with E-state index < -0.39 is 9.84 Å². The predicted octanol–water partition coefficient (Wildman–Crippen LogP) is 0.603. The summed E-state index contributed by atoms with van der Waals surface area (Å²) in [5.74, 6) is 0.179. The Morgan fingerprint density at radius 3 is 2.53 bits per heavy atom. The van der Waals surface area contributed by atoms with Crippen LogP contribution in [-0.2, 0) is 14.6 Å². The monoisotopic (exact) mass is 235 g/mol. The molecule has 0 aromatic rings. The van der Waals surface area contributed by atoms with Crippen LogP contribution < -0.4 is 5.32 Å². The molecule has 0 saturated heterocycles. The summed E-state index contributed by atoms with van der Waals surface area (Å²) in [6.45, 7) is 8.20. The molecule has 0 spiro atoms. The lowest BCUT2D eigenvalue weighted by atomic mass is 10.3. The highest BCUT2D eigenvalue weighted by Gasteiger charge is 1.99. The van der Waals surface area contributed by atoms with E-state index >= 15 is 0 Å². The molecule has 0 aromatic heterocycles. The van der Waals surface area contributed by atoms with Gasteiger partial charge in [0, 0.05) is 19.3 Å². The first-order chi connectivity index (χ1) is 6.92. The summed E-state index contributed by atoms with van der Waals surface area (Å²) in [6, 6.07) is 0. The molecular formula is C10H21NO3S. The van der Waals surface area contributed by atoms with Gasteiger partial charge in [0.1, 0.15) is 9.84 Å². The fourth-order valence-electron chi connectivity index (χ4n) is 0.875. The Morgan fingerprint density at radius 1 is 1.33 bits per heavy atom. The number of hydrogen-bond donors (Lipinski definition) is 1. The number of sulfone groups is 1. The van der Waals surface area contributed by atoms with Gasteiger partial charge >= 0.3 is 0 Å². The fraction of sp³-hybridized carbons (Fsp3) is 0.800. The molecule has 0 unspecified atom stereocenters. The number of ether oxygens (including phenoxy) is 1. The van der Waals surface area contributed by atoms with Gasteiger partial charge in [0.2, 0.25) is 0 Å². The molecular weight excluding hydrogens is 214 g/mol. The average molecular weight is 235 g/mol. The van der Waals surface area contributed by atoms with Crippen LogP contribution in [0.15, 0.2) is 12.2 Å². The normalized spacial score (nSPS) is 11.6. The van der Waals surface area contributed by atoms with Crippen molar-refractivity contribution in [2.24, 2.45) is 0 Å². The summed E-state index contributed by atoms with van der Waals surface area (Å²) >= 11 is 0. The van der Waals surface area contributed by atoms with Crippen LogP contribution in [0.5, 0.6) is 0 Å². The highest BCUT2D eigenvalue weighted by Crippen LogP contribution is 1.94. The lowest BCUT2D eigenvalue weighted by molar-refractivity contribution is 0.139. The van der Waals surface area contributed by atoms with E-state index in [2.05, 4.69) is 11.9 Å². The van der Waals surface area contributed by atoms with Crippen molar-refractivity contribution >= 4 is 9.84 Å². The Bertz CT molecular complexity index is 272. The minimum Gasteiger partial charge on any atom is -0.380 e. The van der Waals surface area contributed by atoms with Gasteiger partial charge in [0.15, 0.2) is 0 Å². The van der Waals surface area contributed by atoms with Crippen LogP contribution in [0, 0.1) is 0 Å². The van der Waals surface area contributed by atoms with Crippen molar-refractivity contribution in [3.63, 3.8) is 0 Å². The lowest BCUT2D eigenvalue weighted by Gasteiger charge is -2.05. The molecule has 0 amide bonds. The van der Waals surface area contributed by atoms with E-state index in [1.165, 1.54) is 6.26 Å². The third kappa shape index (κ3) is 13.6. The Balaban J connectivity index is 3.16. The predicted molar refractivity (Wildman–Crippen MR) is 62.8 cm³/mol. The van der Waals surface area contributed by atoms with Crippen molar-refractivity contribution in [2.75, 3.05) is 38.3 Å². The standard InChI is InChI=1S/C10H21NO3S/c1-10(2)4-7-14-8-5-11-6-9-15(3,12)13/h11H,1,4-9H2,2-3H3. The van der Waals surface area contributed by atoms with Gasteiger partial charge in [-0.05, 0) is 13.3 Å². The highest BCUT2D eigenvalue weighted by atomic mass is 32.2. The van der Waals surface area contributed by atoms with Gasteiger partial charge < -0.3 is 10.1 Å². The first-order valence-electron chi connectivity index (χ1n) is 5.02. The average Bonchev–Trinajstić information content (AvgIpc) is 2.07. The Morgan fingerprint density at radius 2 is 2.00 bits per heavy atom. The van der Waals surface area contributed by atoms with Crippen molar-refractivity contribution in [3.05, 3.63) is 12.2 Å². The zero-order valence-electron chi connectivity index (χ0n) is 9.58. The molecule has 0 heterocycles. The molecule has 0 radical (unpaired) electrons. The molecule has 0 atom stereocenters. The zero-order valence-corrected chi connectivity index (χ0v) is 10.4. The van der Waals surface area contributed by atoms with Gasteiger partial charge in [0.05, 0.1) is 19.0 Å². The summed E-state index contributed by atoms with van der Waals surface area (Å²) in [5, 5.41) is 3.00. The maximum absolute atomic E-state index is 10.8. The van der Waals surface area contributed by atoms with E-state index in [0.29, 0.717) is 26.3 Å². The number of nitrogens with one attached hydrogen (secondary N) is 1. The SMILES string of the molecule is C=C(C)CCOCCNCCS(C)(=O)=O. The van der Waals surface area contributed by atoms with Crippen LogP contribution in [0.25, 0.3) is 0 Å². The fourth-order valence-corrected chi connectivity index (χ4v) is 1.39. The minimum atomic E-state index is -2.85. The first kappa shape index (κ1) is 14.6. The smallest absolute Gasteiger partial charge is 0.148 e. The lowest BCUT2D eigenvalue weighted by Crippen LogP contribution is -2.26. The van der Waals surface area contributed by atoms with Crippen LogP contribution in [0.2, 0.25) is 0 Å². The molecule has 0 aliphatic rings. The molecule has 15 heavy (non-hydrogen) atoms. The van der Waals surface area contributed by atoms with Crippen LogP contribution in [0.3, 0.4) is 0 Å². The van der Waals surface area contributed by atoms with E-state index in [1.54, 1.807) is 0 Å². The third-order valence-corrected chi connectivity index (χ3v) is 2.69. The molecule has 0 fully saturated rings. The summed E-state index contributed by atoms with van der Waals surface area (Å²) in [6.07, 6.45) is 2.11.